The number of methoxy groups -OCH3 is 3. The van der Waals surface area contributed by atoms with Gasteiger partial charge in [0.1, 0.15) is 5.60 Å². The van der Waals surface area contributed by atoms with Crippen molar-refractivity contribution in [1.82, 2.24) is 5.32 Å². The Balaban J connectivity index is 1.61. The number of allylic oxidation sites excluding steroid dienone is 1. The van der Waals surface area contributed by atoms with Crippen LogP contribution in [0.3, 0.4) is 0 Å². The minimum atomic E-state index is -1.64. The van der Waals surface area contributed by atoms with Crippen LogP contribution < -0.4 is 5.32 Å². The first-order valence-corrected chi connectivity index (χ1v) is 14.0. The topological polar surface area (TPSA) is 124 Å². The van der Waals surface area contributed by atoms with Crippen molar-refractivity contribution in [2.45, 2.75) is 76.6 Å². The highest BCUT2D eigenvalue weighted by atomic mass is 16.7. The van der Waals surface area contributed by atoms with E-state index in [0.29, 0.717) is 12.8 Å². The SMILES string of the molecule is COC(=O)C12C(=O)NC(Cc3ccccc3)C1C(C)C1(C)OC1C2C=CCC(C)C(=O)C(C)(O)CC(OC)OC. The first kappa shape index (κ1) is 30.4. The van der Waals surface area contributed by atoms with Gasteiger partial charge < -0.3 is 29.4 Å². The molecule has 2 aliphatic heterocycles. The number of aliphatic hydroxyl groups is 1. The molecule has 1 aliphatic carbocycles. The standard InChI is InChI=1S/C31H43NO8/c1-18(25(33)29(3,36)17-23(37-5)38-6)12-11-15-21-26-30(4,40-26)19(2)24-22(16-20-13-9-8-10-14-20)32-27(34)31(21,24)28(35)39-7/h8-11,13-15,18-19,21-24,26,36H,12,16-17H2,1-7H3,(H,32,34). The molecule has 9 unspecified atom stereocenters. The maximum Gasteiger partial charge on any atom is 0.322 e. The number of hydrogen-bond donors (Lipinski definition) is 2. The predicted molar refractivity (Wildman–Crippen MR) is 147 cm³/mol. The van der Waals surface area contributed by atoms with E-state index in [4.69, 9.17) is 18.9 Å². The third-order valence-electron chi connectivity index (χ3n) is 9.56. The lowest BCUT2D eigenvalue weighted by atomic mass is 9.53. The van der Waals surface area contributed by atoms with Gasteiger partial charge in [-0.1, -0.05) is 56.3 Å². The molecule has 0 aromatic heterocycles. The maximum atomic E-state index is 13.8. The van der Waals surface area contributed by atoms with Crippen LogP contribution in [-0.4, -0.2) is 73.7 Å². The monoisotopic (exact) mass is 557 g/mol. The molecule has 3 aliphatic rings. The summed E-state index contributed by atoms with van der Waals surface area (Å²) in [4.78, 5) is 40.5. The minimum absolute atomic E-state index is 0.00221. The quantitative estimate of drug-likeness (QED) is 0.132. The van der Waals surface area contributed by atoms with Gasteiger partial charge in [-0.3, -0.25) is 14.4 Å². The van der Waals surface area contributed by atoms with Crippen LogP contribution in [0, 0.1) is 29.1 Å². The van der Waals surface area contributed by atoms with Crippen molar-refractivity contribution in [3.05, 3.63) is 48.0 Å². The molecule has 220 valence electrons. The first-order valence-electron chi connectivity index (χ1n) is 14.0. The van der Waals surface area contributed by atoms with Crippen molar-refractivity contribution < 1.29 is 38.4 Å². The summed E-state index contributed by atoms with van der Waals surface area (Å²) in [6.07, 6.45) is 3.52. The molecule has 2 saturated heterocycles. The molecule has 9 atom stereocenters. The molecule has 2 N–H and O–H groups in total. The van der Waals surface area contributed by atoms with Gasteiger partial charge in [0.05, 0.1) is 18.8 Å². The number of epoxide rings is 1. The minimum Gasteiger partial charge on any atom is -0.468 e. The summed E-state index contributed by atoms with van der Waals surface area (Å²) in [6, 6.07) is 9.63. The van der Waals surface area contributed by atoms with Crippen LogP contribution >= 0.6 is 0 Å². The molecule has 4 rings (SSSR count). The van der Waals surface area contributed by atoms with E-state index in [9.17, 15) is 19.5 Å². The summed E-state index contributed by atoms with van der Waals surface area (Å²) in [5, 5.41) is 14.0. The average Bonchev–Trinajstić information content (AvgIpc) is 3.55. The van der Waals surface area contributed by atoms with E-state index in [2.05, 4.69) is 12.2 Å². The van der Waals surface area contributed by atoms with E-state index in [1.54, 1.807) is 6.92 Å². The lowest BCUT2D eigenvalue weighted by Crippen LogP contribution is -2.58. The molecular weight excluding hydrogens is 514 g/mol. The van der Waals surface area contributed by atoms with Gasteiger partial charge in [-0.05, 0) is 38.2 Å². The number of ether oxygens (including phenoxy) is 4. The molecular formula is C31H43NO8. The van der Waals surface area contributed by atoms with Gasteiger partial charge in [-0.25, -0.2) is 0 Å². The molecule has 40 heavy (non-hydrogen) atoms. The molecule has 9 nitrogen and oxygen atoms in total. The molecule has 9 heteroatoms. The first-order chi connectivity index (χ1) is 18.9. The Morgan fingerprint density at radius 3 is 2.45 bits per heavy atom. The van der Waals surface area contributed by atoms with E-state index in [-0.39, 0.29) is 42.1 Å². The molecule has 0 spiro atoms. The maximum absolute atomic E-state index is 13.8. The highest BCUT2D eigenvalue weighted by Crippen LogP contribution is 2.65. The van der Waals surface area contributed by atoms with Crippen LogP contribution in [-0.2, 0) is 39.8 Å². The van der Waals surface area contributed by atoms with Crippen molar-refractivity contribution in [2.75, 3.05) is 21.3 Å². The van der Waals surface area contributed by atoms with Gasteiger partial charge in [-0.2, -0.15) is 0 Å². The average molecular weight is 558 g/mol. The van der Waals surface area contributed by atoms with E-state index in [1.165, 1.54) is 28.3 Å². The van der Waals surface area contributed by atoms with Crippen LogP contribution in [0.4, 0.5) is 0 Å². The van der Waals surface area contributed by atoms with Crippen LogP contribution in [0.2, 0.25) is 0 Å². The summed E-state index contributed by atoms with van der Waals surface area (Å²) in [5.41, 5.74) is -2.51. The Bertz CT molecular complexity index is 1130. The van der Waals surface area contributed by atoms with E-state index < -0.39 is 40.7 Å². The Hall–Kier alpha value is -2.59. The second kappa shape index (κ2) is 11.4. The van der Waals surface area contributed by atoms with Gasteiger partial charge in [0.2, 0.25) is 5.91 Å². The van der Waals surface area contributed by atoms with Crippen molar-refractivity contribution in [3.8, 4) is 0 Å². The zero-order valence-corrected chi connectivity index (χ0v) is 24.5. The number of carbonyl (C=O) groups excluding carboxylic acids is 3. The second-order valence-electron chi connectivity index (χ2n) is 12.0. The second-order valence-corrected chi connectivity index (χ2v) is 12.0. The largest absolute Gasteiger partial charge is 0.468 e. The molecule has 1 saturated carbocycles. The Labute approximate surface area is 236 Å². The number of nitrogens with one attached hydrogen (secondary N) is 1. The molecule has 1 amide bonds. The highest BCUT2D eigenvalue weighted by Gasteiger charge is 2.79. The van der Waals surface area contributed by atoms with Gasteiger partial charge in [0, 0.05) is 44.4 Å². The number of rotatable bonds is 12. The fourth-order valence-electron chi connectivity index (χ4n) is 7.18. The fourth-order valence-corrected chi connectivity index (χ4v) is 7.18. The molecule has 1 aromatic rings. The molecule has 3 fully saturated rings. The zero-order chi connectivity index (χ0) is 29.5. The van der Waals surface area contributed by atoms with Crippen molar-refractivity contribution in [2.24, 2.45) is 29.1 Å². The zero-order valence-electron chi connectivity index (χ0n) is 24.5. The fraction of sp³-hybridized carbons (Fsp3) is 0.645. The van der Waals surface area contributed by atoms with Crippen molar-refractivity contribution >= 4 is 17.7 Å². The third-order valence-corrected chi connectivity index (χ3v) is 9.56. The van der Waals surface area contributed by atoms with Gasteiger partial charge in [0.25, 0.3) is 0 Å². The number of carbonyl (C=O) groups is 3. The molecule has 0 radical (unpaired) electrons. The number of fused-ring (bicyclic) bond motifs is 2. The lowest BCUT2D eigenvalue weighted by Gasteiger charge is -2.44. The normalized spacial score (nSPS) is 35.0. The number of amides is 1. The van der Waals surface area contributed by atoms with Crippen LogP contribution in [0.25, 0.3) is 0 Å². The lowest BCUT2D eigenvalue weighted by molar-refractivity contribution is -0.166. The van der Waals surface area contributed by atoms with Crippen LogP contribution in [0.15, 0.2) is 42.5 Å². The summed E-state index contributed by atoms with van der Waals surface area (Å²) < 4.78 is 21.9. The molecule has 2 heterocycles. The van der Waals surface area contributed by atoms with E-state index >= 15 is 0 Å². The third kappa shape index (κ3) is 5.02. The highest BCUT2D eigenvalue weighted by molar-refractivity contribution is 6.06. The Morgan fingerprint density at radius 2 is 1.85 bits per heavy atom. The number of ketones is 1. The smallest absolute Gasteiger partial charge is 0.322 e. The Kier molecular flexibility index (Phi) is 8.62. The van der Waals surface area contributed by atoms with Crippen molar-refractivity contribution in [3.63, 3.8) is 0 Å². The number of hydrogen-bond acceptors (Lipinski definition) is 8. The van der Waals surface area contributed by atoms with Gasteiger partial charge in [-0.15, -0.1) is 0 Å². The predicted octanol–water partition coefficient (Wildman–Crippen LogP) is 2.84. The van der Waals surface area contributed by atoms with Gasteiger partial charge in [0.15, 0.2) is 17.5 Å². The van der Waals surface area contributed by atoms with Crippen LogP contribution in [0.1, 0.15) is 46.1 Å². The number of benzene rings is 1. The molecule has 1 aromatic carbocycles. The number of Topliss-reactive ketones (excluding diaryl/α,β-unsaturated/α-hetero) is 1. The Morgan fingerprint density at radius 1 is 1.20 bits per heavy atom. The summed E-state index contributed by atoms with van der Waals surface area (Å²) >= 11 is 0. The summed E-state index contributed by atoms with van der Waals surface area (Å²) in [7, 11) is 4.22. The van der Waals surface area contributed by atoms with Crippen molar-refractivity contribution in [1.29, 1.82) is 0 Å². The van der Waals surface area contributed by atoms with Crippen LogP contribution in [0.5, 0.6) is 0 Å². The number of esters is 1. The van der Waals surface area contributed by atoms with E-state index in [0.717, 1.165) is 5.56 Å². The summed E-state index contributed by atoms with van der Waals surface area (Å²) in [6.45, 7) is 7.29. The van der Waals surface area contributed by atoms with Gasteiger partial charge >= 0.3 is 5.97 Å². The molecule has 0 bridgehead atoms. The van der Waals surface area contributed by atoms with E-state index in [1.807, 2.05) is 49.4 Å². The summed E-state index contributed by atoms with van der Waals surface area (Å²) in [5.74, 6) is -2.79.